The Balaban J connectivity index is 0.995. The molecule has 226 valence electrons. The number of hydrogen-bond acceptors (Lipinski definition) is 12. The van der Waals surface area contributed by atoms with Gasteiger partial charge < -0.3 is 21.3 Å². The van der Waals surface area contributed by atoms with Crippen LogP contribution in [0.25, 0.3) is 17.1 Å². The van der Waals surface area contributed by atoms with Crippen molar-refractivity contribution >= 4 is 80.2 Å². The number of thiocarbonyl (C=S) groups is 1. The Morgan fingerprint density at radius 2 is 1.50 bits per heavy atom. The minimum absolute atomic E-state index is 0.0164. The maximum Gasteiger partial charge on any atom is 0.263 e. The monoisotopic (exact) mass is 633 g/mol. The van der Waals surface area contributed by atoms with E-state index in [-0.39, 0.29) is 34.2 Å². The number of thioether (sulfide) groups is 1. The summed E-state index contributed by atoms with van der Waals surface area (Å²) < 4.78 is 5.16. The Labute approximate surface area is 260 Å². The molecule has 3 aromatic carbocycles. The van der Waals surface area contributed by atoms with E-state index in [0.717, 1.165) is 24.8 Å². The molecule has 0 radical (unpaired) electrons. The first-order valence-electron chi connectivity index (χ1n) is 13.5. The third kappa shape index (κ3) is 7.57. The Morgan fingerprint density at radius 1 is 0.886 bits per heavy atom. The van der Waals surface area contributed by atoms with Crippen molar-refractivity contribution in [2.24, 2.45) is 0 Å². The highest BCUT2D eigenvalue weighted by atomic mass is 32.2. The molecule has 0 aliphatic carbocycles. The fourth-order valence-corrected chi connectivity index (χ4v) is 5.36. The molecular formula is C29H27N7O6S2. The van der Waals surface area contributed by atoms with Crippen molar-refractivity contribution in [3.63, 3.8) is 0 Å². The van der Waals surface area contributed by atoms with E-state index < -0.39 is 0 Å². The molecule has 0 saturated carbocycles. The van der Waals surface area contributed by atoms with Crippen LogP contribution in [0.2, 0.25) is 0 Å². The second-order valence-electron chi connectivity index (χ2n) is 9.63. The molecule has 0 spiro atoms. The van der Waals surface area contributed by atoms with Gasteiger partial charge in [-0.25, -0.2) is 4.63 Å². The van der Waals surface area contributed by atoms with Crippen LogP contribution in [-0.4, -0.2) is 55.9 Å². The molecule has 5 rings (SSSR count). The zero-order valence-electron chi connectivity index (χ0n) is 23.1. The fourth-order valence-electron chi connectivity index (χ4n) is 4.31. The molecule has 1 saturated heterocycles. The highest BCUT2D eigenvalue weighted by Gasteiger charge is 2.22. The average molecular weight is 634 g/mol. The predicted octanol–water partition coefficient (Wildman–Crippen LogP) is 4.37. The first-order chi connectivity index (χ1) is 21.3. The molecule has 13 nitrogen and oxygen atoms in total. The summed E-state index contributed by atoms with van der Waals surface area (Å²) in [5, 5.41) is 37.6. The van der Waals surface area contributed by atoms with Crippen LogP contribution in [-0.2, 0) is 4.79 Å². The number of fused-ring (bicyclic) bond motifs is 1. The van der Waals surface area contributed by atoms with Crippen molar-refractivity contribution in [1.82, 2.24) is 26.3 Å². The quantitative estimate of drug-likeness (QED) is 0.0562. The number of carbonyl (C=O) groups excluding carboxylic acids is 3. The van der Waals surface area contributed by atoms with E-state index in [4.69, 9.17) is 16.8 Å². The first kappa shape index (κ1) is 30.6. The number of rotatable bonds is 12. The maximum absolute atomic E-state index is 12.5. The second kappa shape index (κ2) is 14.1. The first-order valence-corrected chi connectivity index (χ1v) is 14.7. The van der Waals surface area contributed by atoms with Gasteiger partial charge in [0.05, 0.1) is 10.6 Å². The van der Waals surface area contributed by atoms with Gasteiger partial charge >= 0.3 is 0 Å². The summed E-state index contributed by atoms with van der Waals surface area (Å²) in [5.41, 5.74) is 3.54. The fraction of sp³-hybridized carbons (Fsp3) is 0.172. The van der Waals surface area contributed by atoms with Crippen molar-refractivity contribution in [2.45, 2.75) is 19.3 Å². The SMILES string of the molecule is O=C1NC(=S)S/C1=C\c1ccc(C(=O)NCCCCCNC(=O)c2ccc(Nc3ccc(N(O)O)c4nonc34)cc2)cc1. The highest BCUT2D eigenvalue weighted by molar-refractivity contribution is 8.26. The van der Waals surface area contributed by atoms with Crippen molar-refractivity contribution in [3.8, 4) is 0 Å². The Kier molecular flexibility index (Phi) is 9.81. The summed E-state index contributed by atoms with van der Waals surface area (Å²) in [6.07, 6.45) is 4.08. The molecule has 1 aromatic heterocycles. The van der Waals surface area contributed by atoms with Crippen molar-refractivity contribution in [2.75, 3.05) is 23.6 Å². The second-order valence-corrected chi connectivity index (χ2v) is 11.4. The summed E-state index contributed by atoms with van der Waals surface area (Å²) in [4.78, 5) is 37.3. The molecule has 2 heterocycles. The molecule has 1 aliphatic rings. The minimum atomic E-state index is -0.220. The van der Waals surface area contributed by atoms with Gasteiger partial charge in [0.2, 0.25) is 0 Å². The summed E-state index contributed by atoms with van der Waals surface area (Å²) >= 11 is 6.20. The van der Waals surface area contributed by atoms with E-state index in [2.05, 4.69) is 31.6 Å². The number of nitrogens with one attached hydrogen (secondary N) is 4. The molecule has 1 aliphatic heterocycles. The van der Waals surface area contributed by atoms with E-state index >= 15 is 0 Å². The van der Waals surface area contributed by atoms with Gasteiger partial charge in [0.15, 0.2) is 11.0 Å². The van der Waals surface area contributed by atoms with Crippen molar-refractivity contribution in [1.29, 1.82) is 0 Å². The molecule has 6 N–H and O–H groups in total. The molecule has 4 aromatic rings. The van der Waals surface area contributed by atoms with E-state index in [1.807, 2.05) is 0 Å². The zero-order valence-corrected chi connectivity index (χ0v) is 24.7. The largest absolute Gasteiger partial charge is 0.354 e. The molecular weight excluding hydrogens is 606 g/mol. The number of nitrogens with zero attached hydrogens (tertiary/aromatic N) is 3. The Bertz CT molecular complexity index is 1720. The number of unbranched alkanes of at least 4 members (excludes halogenated alkanes) is 2. The standard InChI is InChI=1S/C29H27N7O6S2/c37-26(18-6-4-17(5-7-18)16-23-28(39)33-29(43)44-23)30-14-2-1-3-15-31-27(38)19-8-10-20(11-9-19)32-21-12-13-22(36(40)41)25-24(21)34-42-35-25/h4-13,16,32,40-41H,1-3,14-15H2,(H,30,37)(H,31,38)(H,33,39,43)/b23-16-. The normalized spacial score (nSPS) is 13.6. The lowest BCUT2D eigenvalue weighted by Crippen LogP contribution is -2.26. The van der Waals surface area contributed by atoms with Gasteiger partial charge in [0.1, 0.15) is 10.0 Å². The summed E-state index contributed by atoms with van der Waals surface area (Å²) in [7, 11) is 0. The van der Waals surface area contributed by atoms with Gasteiger partial charge in [-0.1, -0.05) is 36.1 Å². The molecule has 0 bridgehead atoms. The van der Waals surface area contributed by atoms with E-state index in [9.17, 15) is 24.8 Å². The van der Waals surface area contributed by atoms with Crippen molar-refractivity contribution in [3.05, 3.63) is 82.3 Å². The predicted molar refractivity (Wildman–Crippen MR) is 169 cm³/mol. The van der Waals surface area contributed by atoms with Crippen LogP contribution in [0, 0.1) is 0 Å². The smallest absolute Gasteiger partial charge is 0.263 e. The van der Waals surface area contributed by atoms with E-state index in [1.54, 1.807) is 60.7 Å². The summed E-state index contributed by atoms with van der Waals surface area (Å²) in [5.74, 6) is -0.592. The van der Waals surface area contributed by atoms with E-state index in [0.29, 0.717) is 50.3 Å². The van der Waals surface area contributed by atoms with Crippen LogP contribution in [0.15, 0.2) is 70.2 Å². The van der Waals surface area contributed by atoms with Gasteiger partial charge in [-0.15, -0.1) is 5.23 Å². The number of hydrogen-bond donors (Lipinski definition) is 6. The summed E-state index contributed by atoms with van der Waals surface area (Å²) in [6, 6.07) is 16.9. The molecule has 44 heavy (non-hydrogen) atoms. The molecule has 0 unspecified atom stereocenters. The number of aromatic nitrogens is 2. The lowest BCUT2D eigenvalue weighted by molar-refractivity contribution is -0.115. The van der Waals surface area contributed by atoms with Gasteiger partial charge in [0, 0.05) is 29.9 Å². The Hall–Kier alpha value is -4.83. The number of benzene rings is 3. The average Bonchev–Trinajstić information content (AvgIpc) is 3.63. The van der Waals surface area contributed by atoms with E-state index in [1.165, 1.54) is 17.8 Å². The van der Waals surface area contributed by atoms with Crippen LogP contribution in [0.5, 0.6) is 0 Å². The third-order valence-corrected chi connectivity index (χ3v) is 7.74. The molecule has 1 fully saturated rings. The lowest BCUT2D eigenvalue weighted by Gasteiger charge is -2.11. The number of anilines is 3. The van der Waals surface area contributed by atoms with Crippen LogP contribution in [0.1, 0.15) is 45.5 Å². The third-order valence-electron chi connectivity index (χ3n) is 6.57. The van der Waals surface area contributed by atoms with Gasteiger partial charge in [-0.05, 0) is 89.7 Å². The lowest BCUT2D eigenvalue weighted by atomic mass is 10.1. The van der Waals surface area contributed by atoms with Crippen LogP contribution < -0.4 is 26.5 Å². The maximum atomic E-state index is 12.5. The van der Waals surface area contributed by atoms with Crippen LogP contribution in [0.3, 0.4) is 0 Å². The van der Waals surface area contributed by atoms with Crippen molar-refractivity contribution < 1.29 is 29.4 Å². The molecule has 15 heteroatoms. The van der Waals surface area contributed by atoms with Gasteiger partial charge in [-0.2, -0.15) is 0 Å². The van der Waals surface area contributed by atoms with Gasteiger partial charge in [0.25, 0.3) is 17.7 Å². The molecule has 0 atom stereocenters. The van der Waals surface area contributed by atoms with Crippen LogP contribution >= 0.6 is 24.0 Å². The zero-order chi connectivity index (χ0) is 31.1. The number of carbonyl (C=O) groups is 3. The van der Waals surface area contributed by atoms with Crippen LogP contribution in [0.4, 0.5) is 17.1 Å². The molecule has 3 amide bonds. The Morgan fingerprint density at radius 3 is 2.09 bits per heavy atom. The minimum Gasteiger partial charge on any atom is -0.354 e. The van der Waals surface area contributed by atoms with Gasteiger partial charge in [-0.3, -0.25) is 24.8 Å². The summed E-state index contributed by atoms with van der Waals surface area (Å²) in [6.45, 7) is 1.01. The topological polar surface area (TPSA) is 182 Å². The highest BCUT2D eigenvalue weighted by Crippen LogP contribution is 2.31. The number of amides is 3.